The smallest absolute Gasteiger partial charge is 0.330 e. The summed E-state index contributed by atoms with van der Waals surface area (Å²) in [4.78, 5) is 40.0. The highest BCUT2D eigenvalue weighted by Gasteiger charge is 2.53. The number of nitrogens with one attached hydrogen (secondary N) is 1. The topological polar surface area (TPSA) is 79.0 Å². The molecule has 3 heterocycles. The fraction of sp³-hybridized carbons (Fsp3) is 0.276. The van der Waals surface area contributed by atoms with Crippen molar-refractivity contribution in [2.24, 2.45) is 0 Å². The Hall–Kier alpha value is -3.78. The van der Waals surface area contributed by atoms with E-state index < -0.39 is 18.6 Å². The zero-order valence-electron chi connectivity index (χ0n) is 20.4. The lowest BCUT2D eigenvalue weighted by Gasteiger charge is -2.29. The molecular weight excluding hydrogens is 486 g/mol. The lowest BCUT2D eigenvalue weighted by Crippen LogP contribution is -2.48. The summed E-state index contributed by atoms with van der Waals surface area (Å²) in [5.41, 5.74) is 5.96. The lowest BCUT2D eigenvalue weighted by atomic mass is 10.0. The first-order valence-electron chi connectivity index (χ1n) is 12.4. The third kappa shape index (κ3) is 4.25. The maximum absolute atomic E-state index is 13.4. The second-order valence-electron chi connectivity index (χ2n) is 9.75. The van der Waals surface area contributed by atoms with E-state index in [0.717, 1.165) is 34.0 Å². The molecule has 3 aliphatic heterocycles. The van der Waals surface area contributed by atoms with Crippen LogP contribution in [0.25, 0.3) is 16.5 Å². The van der Waals surface area contributed by atoms with Crippen molar-refractivity contribution in [2.45, 2.75) is 36.7 Å². The second-order valence-corrected chi connectivity index (χ2v) is 11.2. The third-order valence-corrected chi connectivity index (χ3v) is 8.87. The van der Waals surface area contributed by atoms with Crippen LogP contribution in [0.3, 0.4) is 0 Å². The number of hydrazine groups is 1. The van der Waals surface area contributed by atoms with E-state index in [1.54, 1.807) is 16.7 Å². The van der Waals surface area contributed by atoms with E-state index in [9.17, 15) is 14.4 Å². The van der Waals surface area contributed by atoms with Crippen molar-refractivity contribution in [3.8, 4) is 0 Å². The van der Waals surface area contributed by atoms with E-state index in [-0.39, 0.29) is 22.7 Å². The van der Waals surface area contributed by atoms with Gasteiger partial charge in [0.1, 0.15) is 6.04 Å². The van der Waals surface area contributed by atoms with E-state index in [1.807, 2.05) is 61.5 Å². The highest BCUT2D eigenvalue weighted by atomic mass is 32.2. The maximum atomic E-state index is 13.4. The van der Waals surface area contributed by atoms with Crippen LogP contribution in [0.4, 0.5) is 0 Å². The molecule has 37 heavy (non-hydrogen) atoms. The van der Waals surface area contributed by atoms with Crippen LogP contribution in [0.15, 0.2) is 78.9 Å². The van der Waals surface area contributed by atoms with Crippen molar-refractivity contribution < 1.29 is 19.1 Å². The number of hydrogen-bond acceptors (Lipinski definition) is 6. The van der Waals surface area contributed by atoms with Gasteiger partial charge in [0.05, 0.1) is 16.6 Å². The average Bonchev–Trinajstić information content (AvgIpc) is 3.60. The molecule has 1 N–H and O–H groups in total. The molecule has 188 valence electrons. The maximum Gasteiger partial charge on any atom is 0.330 e. The van der Waals surface area contributed by atoms with Gasteiger partial charge in [0.25, 0.3) is 5.91 Å². The molecule has 0 unspecified atom stereocenters. The summed E-state index contributed by atoms with van der Waals surface area (Å²) in [6.07, 6.45) is 3.17. The van der Waals surface area contributed by atoms with E-state index in [2.05, 4.69) is 29.7 Å². The van der Waals surface area contributed by atoms with Gasteiger partial charge in [0.15, 0.2) is 6.61 Å². The number of rotatable bonds is 5. The van der Waals surface area contributed by atoms with Gasteiger partial charge in [-0.3, -0.25) is 15.0 Å². The molecule has 8 heteroatoms. The molecular formula is C29H27N3O4S. The number of thioether (sulfide) groups is 1. The van der Waals surface area contributed by atoms with Gasteiger partial charge >= 0.3 is 5.97 Å². The molecule has 3 aromatic carbocycles. The molecule has 0 bridgehead atoms. The van der Waals surface area contributed by atoms with Gasteiger partial charge in [-0.05, 0) is 47.4 Å². The minimum Gasteiger partial charge on any atom is -0.454 e. The predicted octanol–water partition coefficient (Wildman–Crippen LogP) is 4.27. The Kier molecular flexibility index (Phi) is 5.91. The SMILES string of the molecule is C[C@]12CCC(=O)N1[C@H](C(=O)OCC(=O)N1NC(c3ccc4ccccc4c3)=C[C@@H]1c1ccccc1)CS2. The number of nitrogens with zero attached hydrogens (tertiary/aromatic N) is 2. The van der Waals surface area contributed by atoms with Crippen molar-refractivity contribution >= 4 is 46.0 Å². The minimum atomic E-state index is -0.652. The van der Waals surface area contributed by atoms with Crippen LogP contribution >= 0.6 is 11.8 Å². The fourth-order valence-electron chi connectivity index (χ4n) is 5.39. The highest BCUT2D eigenvalue weighted by molar-refractivity contribution is 8.01. The molecule has 6 rings (SSSR count). The number of esters is 1. The number of fused-ring (bicyclic) bond motifs is 2. The molecule has 0 saturated carbocycles. The largest absolute Gasteiger partial charge is 0.454 e. The molecule has 0 aromatic heterocycles. The summed E-state index contributed by atoms with van der Waals surface area (Å²) >= 11 is 1.60. The summed E-state index contributed by atoms with van der Waals surface area (Å²) in [6.45, 7) is 1.58. The van der Waals surface area contributed by atoms with Crippen LogP contribution in [-0.2, 0) is 19.1 Å². The van der Waals surface area contributed by atoms with Crippen LogP contribution < -0.4 is 5.43 Å². The molecule has 0 radical (unpaired) electrons. The van der Waals surface area contributed by atoms with E-state index in [1.165, 1.54) is 5.01 Å². The zero-order chi connectivity index (χ0) is 25.6. The van der Waals surface area contributed by atoms with Gasteiger partial charge in [-0.15, -0.1) is 11.8 Å². The van der Waals surface area contributed by atoms with Crippen LogP contribution in [0.2, 0.25) is 0 Å². The first-order valence-corrected chi connectivity index (χ1v) is 13.4. The number of ether oxygens (including phenoxy) is 1. The summed E-state index contributed by atoms with van der Waals surface area (Å²) < 4.78 is 5.48. The van der Waals surface area contributed by atoms with Crippen LogP contribution in [-0.4, -0.2) is 51.0 Å². The second kappa shape index (κ2) is 9.27. The number of amides is 2. The average molecular weight is 514 g/mol. The molecule has 2 fully saturated rings. The Labute approximate surface area is 219 Å². The third-order valence-electron chi connectivity index (χ3n) is 7.37. The molecule has 0 aliphatic carbocycles. The Morgan fingerprint density at radius 3 is 2.62 bits per heavy atom. The van der Waals surface area contributed by atoms with Gasteiger partial charge in [0, 0.05) is 12.2 Å². The molecule has 7 nitrogen and oxygen atoms in total. The van der Waals surface area contributed by atoms with Gasteiger partial charge in [-0.25, -0.2) is 9.80 Å². The van der Waals surface area contributed by atoms with Gasteiger partial charge in [0.2, 0.25) is 5.91 Å². The minimum absolute atomic E-state index is 0.0321. The number of carbonyl (C=O) groups excluding carboxylic acids is 3. The Morgan fingerprint density at radius 1 is 1.05 bits per heavy atom. The predicted molar refractivity (Wildman–Crippen MR) is 143 cm³/mol. The van der Waals surface area contributed by atoms with Crippen LogP contribution in [0.1, 0.15) is 36.9 Å². The van der Waals surface area contributed by atoms with Crippen molar-refractivity contribution in [3.63, 3.8) is 0 Å². The van der Waals surface area contributed by atoms with E-state index >= 15 is 0 Å². The standard InChI is InChI=1S/C29H27N3O4S/c1-29-14-13-26(33)31(29)25(18-37-29)28(35)36-17-27(34)32-24(20-8-3-2-4-9-20)16-23(30-32)22-12-11-19-7-5-6-10-21(19)15-22/h2-12,15-16,24-25,30H,13-14,17-18H2,1H3/t24-,25+,29+/m1/s1. The molecule has 0 spiro atoms. The molecule has 3 aromatic rings. The van der Waals surface area contributed by atoms with Gasteiger partial charge < -0.3 is 9.64 Å². The molecule has 3 atom stereocenters. The van der Waals surface area contributed by atoms with Crippen molar-refractivity contribution in [3.05, 3.63) is 90.0 Å². The Bertz CT molecular complexity index is 1420. The monoisotopic (exact) mass is 513 g/mol. The van der Waals surface area contributed by atoms with E-state index in [4.69, 9.17) is 4.74 Å². The number of hydrogen-bond donors (Lipinski definition) is 1. The first kappa shape index (κ1) is 23.6. The van der Waals surface area contributed by atoms with Crippen molar-refractivity contribution in [2.75, 3.05) is 12.4 Å². The van der Waals surface area contributed by atoms with Crippen molar-refractivity contribution in [1.82, 2.24) is 15.3 Å². The summed E-state index contributed by atoms with van der Waals surface area (Å²) in [5, 5.41) is 3.76. The quantitative estimate of drug-likeness (QED) is 0.514. The summed E-state index contributed by atoms with van der Waals surface area (Å²) in [6, 6.07) is 23.0. The zero-order valence-corrected chi connectivity index (χ0v) is 21.2. The highest BCUT2D eigenvalue weighted by Crippen LogP contribution is 2.47. The Balaban J connectivity index is 1.20. The van der Waals surface area contributed by atoms with Gasteiger partial charge in [-0.2, -0.15) is 0 Å². The summed E-state index contributed by atoms with van der Waals surface area (Å²) in [5.74, 6) is -0.443. The van der Waals surface area contributed by atoms with Crippen molar-refractivity contribution in [1.29, 1.82) is 0 Å². The first-order chi connectivity index (χ1) is 17.9. The van der Waals surface area contributed by atoms with Gasteiger partial charge in [-0.1, -0.05) is 66.7 Å². The molecule has 3 aliphatic rings. The number of carbonyl (C=O) groups is 3. The molecule has 2 saturated heterocycles. The lowest BCUT2D eigenvalue weighted by molar-refractivity contribution is -0.159. The normalized spacial score (nSPS) is 24.7. The molecule has 2 amide bonds. The number of benzene rings is 3. The summed E-state index contributed by atoms with van der Waals surface area (Å²) in [7, 11) is 0. The van der Waals surface area contributed by atoms with Crippen LogP contribution in [0, 0.1) is 0 Å². The Morgan fingerprint density at radius 2 is 1.81 bits per heavy atom. The van der Waals surface area contributed by atoms with E-state index in [0.29, 0.717) is 12.2 Å². The van der Waals surface area contributed by atoms with Crippen LogP contribution in [0.5, 0.6) is 0 Å². The fourth-order valence-corrected chi connectivity index (χ4v) is 6.81.